The molecule has 78 valence electrons. The number of nitrogens with zero attached hydrogens (tertiary/aromatic N) is 2. The fraction of sp³-hybridized carbons (Fsp3) is 1.00. The van der Waals surface area contributed by atoms with Gasteiger partial charge < -0.3 is 4.90 Å². The van der Waals surface area contributed by atoms with Crippen molar-refractivity contribution in [3.05, 3.63) is 0 Å². The number of hydrogen-bond acceptors (Lipinski definition) is 2. The number of likely N-dealkylation sites (tertiary alicyclic amines) is 1. The van der Waals surface area contributed by atoms with E-state index in [2.05, 4.69) is 44.7 Å². The number of rotatable bonds is 4. The molecule has 0 spiro atoms. The van der Waals surface area contributed by atoms with Crippen LogP contribution in [-0.2, 0) is 0 Å². The van der Waals surface area contributed by atoms with Crippen LogP contribution in [-0.4, -0.2) is 48.6 Å². The molecule has 1 rings (SSSR count). The summed E-state index contributed by atoms with van der Waals surface area (Å²) in [6.07, 6.45) is 2.72. The predicted molar refractivity (Wildman–Crippen MR) is 58.0 cm³/mol. The Labute approximate surface area is 82.9 Å². The predicted octanol–water partition coefficient (Wildman–Crippen LogP) is 1.81. The molecule has 0 aromatic heterocycles. The molecule has 0 aliphatic carbocycles. The molecule has 2 heteroatoms. The van der Waals surface area contributed by atoms with E-state index in [0.29, 0.717) is 6.04 Å². The Kier molecular flexibility index (Phi) is 3.74. The van der Waals surface area contributed by atoms with Gasteiger partial charge in [0.2, 0.25) is 0 Å². The largest absolute Gasteiger partial charge is 0.307 e. The second-order valence-electron chi connectivity index (χ2n) is 4.82. The summed E-state index contributed by atoms with van der Waals surface area (Å²) < 4.78 is 0. The zero-order chi connectivity index (χ0) is 10.0. The average molecular weight is 184 g/mol. The van der Waals surface area contributed by atoms with E-state index in [1.165, 1.54) is 19.4 Å². The molecule has 2 unspecified atom stereocenters. The van der Waals surface area contributed by atoms with E-state index >= 15 is 0 Å². The molecule has 0 amide bonds. The minimum Gasteiger partial charge on any atom is -0.307 e. The van der Waals surface area contributed by atoms with Crippen molar-refractivity contribution < 1.29 is 0 Å². The van der Waals surface area contributed by atoms with Crippen molar-refractivity contribution in [3.63, 3.8) is 0 Å². The van der Waals surface area contributed by atoms with E-state index in [0.717, 1.165) is 12.1 Å². The van der Waals surface area contributed by atoms with Crippen LogP contribution < -0.4 is 0 Å². The summed E-state index contributed by atoms with van der Waals surface area (Å²) >= 11 is 0. The summed E-state index contributed by atoms with van der Waals surface area (Å²) in [5.74, 6) is 0. The first kappa shape index (κ1) is 11.0. The molecule has 1 aliphatic heterocycles. The van der Waals surface area contributed by atoms with Gasteiger partial charge in [0.1, 0.15) is 0 Å². The van der Waals surface area contributed by atoms with Crippen LogP contribution in [0.15, 0.2) is 0 Å². The van der Waals surface area contributed by atoms with E-state index in [1.54, 1.807) is 0 Å². The molecule has 1 saturated heterocycles. The van der Waals surface area contributed by atoms with Crippen LogP contribution in [0.1, 0.15) is 33.6 Å². The lowest BCUT2D eigenvalue weighted by molar-refractivity contribution is 0.0364. The van der Waals surface area contributed by atoms with Gasteiger partial charge in [-0.1, -0.05) is 0 Å². The van der Waals surface area contributed by atoms with Crippen molar-refractivity contribution in [2.75, 3.05) is 20.6 Å². The molecule has 1 fully saturated rings. The van der Waals surface area contributed by atoms with E-state index in [1.807, 2.05) is 0 Å². The van der Waals surface area contributed by atoms with Crippen molar-refractivity contribution in [2.24, 2.45) is 0 Å². The van der Waals surface area contributed by atoms with Crippen LogP contribution in [0.3, 0.4) is 0 Å². The lowest BCUT2D eigenvalue weighted by atomic mass is 9.94. The zero-order valence-electron chi connectivity index (χ0n) is 9.75. The maximum atomic E-state index is 2.61. The van der Waals surface area contributed by atoms with E-state index in [4.69, 9.17) is 0 Å². The first-order valence-corrected chi connectivity index (χ1v) is 5.44. The third-order valence-electron chi connectivity index (χ3n) is 3.35. The molecule has 1 heterocycles. The van der Waals surface area contributed by atoms with Gasteiger partial charge in [-0.2, -0.15) is 0 Å². The van der Waals surface area contributed by atoms with Crippen molar-refractivity contribution in [2.45, 2.75) is 51.7 Å². The molecule has 2 nitrogen and oxygen atoms in total. The van der Waals surface area contributed by atoms with Gasteiger partial charge in [-0.15, -0.1) is 0 Å². The zero-order valence-corrected chi connectivity index (χ0v) is 9.75. The molecule has 1 aliphatic rings. The molecular formula is C11H24N2. The van der Waals surface area contributed by atoms with Crippen LogP contribution in [0.4, 0.5) is 0 Å². The monoisotopic (exact) mass is 184 g/mol. The SMILES string of the molecule is CC(CC1CCN1C(C)C)N(C)C. The van der Waals surface area contributed by atoms with E-state index < -0.39 is 0 Å². The summed E-state index contributed by atoms with van der Waals surface area (Å²) in [6.45, 7) is 8.22. The van der Waals surface area contributed by atoms with Gasteiger partial charge in [0, 0.05) is 24.7 Å². The van der Waals surface area contributed by atoms with E-state index in [-0.39, 0.29) is 0 Å². The Balaban J connectivity index is 2.30. The highest BCUT2D eigenvalue weighted by Gasteiger charge is 2.30. The van der Waals surface area contributed by atoms with E-state index in [9.17, 15) is 0 Å². The summed E-state index contributed by atoms with van der Waals surface area (Å²) in [4.78, 5) is 4.93. The maximum Gasteiger partial charge on any atom is 0.0125 e. The molecule has 13 heavy (non-hydrogen) atoms. The van der Waals surface area contributed by atoms with Gasteiger partial charge in [0.25, 0.3) is 0 Å². The fourth-order valence-corrected chi connectivity index (χ4v) is 2.00. The number of hydrogen-bond donors (Lipinski definition) is 0. The van der Waals surface area contributed by atoms with Gasteiger partial charge in [-0.3, -0.25) is 4.90 Å². The molecular weight excluding hydrogens is 160 g/mol. The van der Waals surface area contributed by atoms with Gasteiger partial charge in [-0.25, -0.2) is 0 Å². The average Bonchev–Trinajstić information content (AvgIpc) is 1.95. The molecule has 0 saturated carbocycles. The Morgan fingerprint density at radius 2 is 1.92 bits per heavy atom. The minimum atomic E-state index is 0.714. The van der Waals surface area contributed by atoms with Crippen LogP contribution in [0.5, 0.6) is 0 Å². The Bertz CT molecular complexity index is 154. The Morgan fingerprint density at radius 3 is 2.23 bits per heavy atom. The van der Waals surface area contributed by atoms with Crippen LogP contribution in [0, 0.1) is 0 Å². The molecule has 0 radical (unpaired) electrons. The van der Waals surface area contributed by atoms with Gasteiger partial charge in [-0.05, 0) is 47.7 Å². The maximum absolute atomic E-state index is 2.61. The van der Waals surface area contributed by atoms with Crippen molar-refractivity contribution in [3.8, 4) is 0 Å². The fourth-order valence-electron chi connectivity index (χ4n) is 2.00. The second-order valence-corrected chi connectivity index (χ2v) is 4.82. The lowest BCUT2D eigenvalue weighted by Crippen LogP contribution is -2.53. The lowest BCUT2D eigenvalue weighted by Gasteiger charge is -2.45. The highest BCUT2D eigenvalue weighted by Crippen LogP contribution is 2.24. The molecule has 0 N–H and O–H groups in total. The summed E-state index contributed by atoms with van der Waals surface area (Å²) in [7, 11) is 4.34. The van der Waals surface area contributed by atoms with Gasteiger partial charge in [0.15, 0.2) is 0 Å². The summed E-state index contributed by atoms with van der Waals surface area (Å²) in [6, 6.07) is 2.29. The minimum absolute atomic E-state index is 0.714. The van der Waals surface area contributed by atoms with Gasteiger partial charge in [0.05, 0.1) is 0 Å². The first-order valence-electron chi connectivity index (χ1n) is 5.44. The third kappa shape index (κ3) is 2.68. The highest BCUT2D eigenvalue weighted by atomic mass is 15.2. The summed E-state index contributed by atoms with van der Waals surface area (Å²) in [5, 5.41) is 0. The van der Waals surface area contributed by atoms with Crippen LogP contribution >= 0.6 is 0 Å². The standard InChI is InChI=1S/C11H24N2/c1-9(2)13-7-6-11(13)8-10(3)12(4)5/h9-11H,6-8H2,1-5H3. The van der Waals surface area contributed by atoms with Crippen molar-refractivity contribution in [1.82, 2.24) is 9.80 Å². The molecule has 0 aromatic rings. The first-order chi connectivity index (χ1) is 6.02. The Hall–Kier alpha value is -0.0800. The van der Waals surface area contributed by atoms with Crippen molar-refractivity contribution >= 4 is 0 Å². The summed E-state index contributed by atoms with van der Waals surface area (Å²) in [5.41, 5.74) is 0. The smallest absolute Gasteiger partial charge is 0.0125 e. The normalized spacial score (nSPS) is 26.5. The van der Waals surface area contributed by atoms with Crippen LogP contribution in [0.25, 0.3) is 0 Å². The second kappa shape index (κ2) is 4.43. The topological polar surface area (TPSA) is 6.48 Å². The van der Waals surface area contributed by atoms with Crippen LogP contribution in [0.2, 0.25) is 0 Å². The third-order valence-corrected chi connectivity index (χ3v) is 3.35. The quantitative estimate of drug-likeness (QED) is 0.657. The molecule has 0 bridgehead atoms. The molecule has 2 atom stereocenters. The van der Waals surface area contributed by atoms with Crippen molar-refractivity contribution in [1.29, 1.82) is 0 Å². The Morgan fingerprint density at radius 1 is 1.31 bits per heavy atom. The van der Waals surface area contributed by atoms with Gasteiger partial charge >= 0.3 is 0 Å². The molecule has 0 aromatic carbocycles. The highest BCUT2D eigenvalue weighted by molar-refractivity contribution is 4.87.